The summed E-state index contributed by atoms with van der Waals surface area (Å²) in [5.41, 5.74) is 0.408. The van der Waals surface area contributed by atoms with E-state index in [-0.39, 0.29) is 23.3 Å². The summed E-state index contributed by atoms with van der Waals surface area (Å²) in [6, 6.07) is 4.41. The lowest BCUT2D eigenvalue weighted by molar-refractivity contribution is -0.119. The number of nitrogens with one attached hydrogen (secondary N) is 1. The van der Waals surface area contributed by atoms with Crippen LogP contribution in [0.4, 0.5) is 14.5 Å². The predicted octanol–water partition coefficient (Wildman–Crippen LogP) is 2.19. The van der Waals surface area contributed by atoms with Crippen molar-refractivity contribution in [2.75, 3.05) is 32.6 Å². The van der Waals surface area contributed by atoms with E-state index in [9.17, 15) is 13.6 Å². The average Bonchev–Trinajstić information content (AvgIpc) is 2.85. The van der Waals surface area contributed by atoms with Gasteiger partial charge in [-0.3, -0.25) is 4.79 Å². The number of likely N-dealkylation sites (tertiary alicyclic amines) is 1. The zero-order valence-corrected chi connectivity index (χ0v) is 11.9. The molecule has 116 valence electrons. The van der Waals surface area contributed by atoms with E-state index in [4.69, 9.17) is 4.74 Å². The lowest BCUT2D eigenvalue weighted by Gasteiger charge is -2.14. The van der Waals surface area contributed by atoms with Gasteiger partial charge in [-0.2, -0.15) is 8.78 Å². The summed E-state index contributed by atoms with van der Waals surface area (Å²) in [4.78, 5) is 14.2. The Balaban J connectivity index is 2.07. The second kappa shape index (κ2) is 6.71. The van der Waals surface area contributed by atoms with Gasteiger partial charge in [-0.05, 0) is 32.1 Å². The average molecular weight is 300 g/mol. The van der Waals surface area contributed by atoms with Crippen molar-refractivity contribution in [3.63, 3.8) is 0 Å². The van der Waals surface area contributed by atoms with Crippen molar-refractivity contribution in [2.24, 2.45) is 5.92 Å². The largest absolute Gasteiger partial charge is 0.493 e. The van der Waals surface area contributed by atoms with Crippen LogP contribution in [-0.2, 0) is 4.79 Å². The summed E-state index contributed by atoms with van der Waals surface area (Å²) in [7, 11) is 3.32. The summed E-state index contributed by atoms with van der Waals surface area (Å²) >= 11 is 0. The number of nitrogens with zero attached hydrogens (tertiary/aromatic N) is 1. The molecule has 1 fully saturated rings. The van der Waals surface area contributed by atoms with Gasteiger partial charge in [0.25, 0.3) is 0 Å². The van der Waals surface area contributed by atoms with Gasteiger partial charge in [-0.15, -0.1) is 0 Å². The van der Waals surface area contributed by atoms with Gasteiger partial charge >= 0.3 is 6.61 Å². The fourth-order valence-corrected chi connectivity index (χ4v) is 2.34. The van der Waals surface area contributed by atoms with Crippen LogP contribution in [0.5, 0.6) is 11.5 Å². The maximum Gasteiger partial charge on any atom is 0.387 e. The molecule has 1 atom stereocenters. The molecule has 2 rings (SSSR count). The number of halogens is 2. The van der Waals surface area contributed by atoms with E-state index in [1.54, 1.807) is 6.07 Å². The SMILES string of the molecule is COc1ccc(NC(=O)[C@H]2CCN(C)C2)cc1OC(F)F. The highest BCUT2D eigenvalue weighted by Gasteiger charge is 2.26. The fourth-order valence-electron chi connectivity index (χ4n) is 2.34. The van der Waals surface area contributed by atoms with E-state index in [0.29, 0.717) is 12.2 Å². The highest BCUT2D eigenvalue weighted by molar-refractivity contribution is 5.93. The maximum atomic E-state index is 12.3. The first kappa shape index (κ1) is 15.5. The van der Waals surface area contributed by atoms with E-state index in [2.05, 4.69) is 15.0 Å². The van der Waals surface area contributed by atoms with E-state index in [0.717, 1.165) is 13.0 Å². The van der Waals surface area contributed by atoms with Crippen molar-refractivity contribution in [1.82, 2.24) is 4.90 Å². The Morgan fingerprint density at radius 1 is 1.43 bits per heavy atom. The molecule has 1 N–H and O–H groups in total. The second-order valence-electron chi connectivity index (χ2n) is 4.98. The molecule has 1 aromatic carbocycles. The molecule has 1 aliphatic heterocycles. The highest BCUT2D eigenvalue weighted by Crippen LogP contribution is 2.31. The van der Waals surface area contributed by atoms with Gasteiger partial charge in [0.05, 0.1) is 13.0 Å². The van der Waals surface area contributed by atoms with Crippen LogP contribution >= 0.6 is 0 Å². The van der Waals surface area contributed by atoms with Crippen molar-refractivity contribution in [3.05, 3.63) is 18.2 Å². The molecule has 1 heterocycles. The van der Waals surface area contributed by atoms with E-state index >= 15 is 0 Å². The Morgan fingerprint density at radius 3 is 2.76 bits per heavy atom. The number of anilines is 1. The standard InChI is InChI=1S/C14H18F2N2O3/c1-18-6-5-9(8-18)13(19)17-10-3-4-11(20-2)12(7-10)21-14(15)16/h3-4,7,9,14H,5-6,8H2,1-2H3,(H,17,19)/t9-/m0/s1. The minimum Gasteiger partial charge on any atom is -0.493 e. The summed E-state index contributed by atoms with van der Waals surface area (Å²) < 4.78 is 34.0. The number of hydrogen-bond donors (Lipinski definition) is 1. The maximum absolute atomic E-state index is 12.3. The van der Waals surface area contributed by atoms with Gasteiger partial charge in [-0.1, -0.05) is 0 Å². The molecule has 1 amide bonds. The Labute approximate surface area is 121 Å². The normalized spacial score (nSPS) is 18.8. The number of benzene rings is 1. The van der Waals surface area contributed by atoms with Crippen LogP contribution in [0.3, 0.4) is 0 Å². The van der Waals surface area contributed by atoms with E-state index in [1.807, 2.05) is 7.05 Å². The topological polar surface area (TPSA) is 50.8 Å². The monoisotopic (exact) mass is 300 g/mol. The van der Waals surface area contributed by atoms with Crippen LogP contribution in [0, 0.1) is 5.92 Å². The summed E-state index contributed by atoms with van der Waals surface area (Å²) in [6.45, 7) is -1.38. The third kappa shape index (κ3) is 4.04. The van der Waals surface area contributed by atoms with Crippen molar-refractivity contribution in [2.45, 2.75) is 13.0 Å². The molecule has 5 nitrogen and oxygen atoms in total. The number of amides is 1. The summed E-state index contributed by atoms with van der Waals surface area (Å²) in [5, 5.41) is 2.72. The number of hydrogen-bond acceptors (Lipinski definition) is 4. The Kier molecular flexibility index (Phi) is 4.95. The third-order valence-electron chi connectivity index (χ3n) is 3.41. The molecule has 0 spiro atoms. The lowest BCUT2D eigenvalue weighted by atomic mass is 10.1. The molecular formula is C14H18F2N2O3. The third-order valence-corrected chi connectivity index (χ3v) is 3.41. The van der Waals surface area contributed by atoms with Crippen LogP contribution in [-0.4, -0.2) is 44.7 Å². The van der Waals surface area contributed by atoms with Gasteiger partial charge < -0.3 is 19.7 Å². The van der Waals surface area contributed by atoms with Crippen LogP contribution in [0.1, 0.15) is 6.42 Å². The molecule has 0 aliphatic carbocycles. The van der Waals surface area contributed by atoms with Gasteiger partial charge in [0.1, 0.15) is 0 Å². The first-order valence-electron chi connectivity index (χ1n) is 6.62. The quantitative estimate of drug-likeness (QED) is 0.905. The van der Waals surface area contributed by atoms with Gasteiger partial charge in [0, 0.05) is 18.3 Å². The summed E-state index contributed by atoms with van der Waals surface area (Å²) in [5.74, 6) is -0.119. The van der Waals surface area contributed by atoms with E-state index in [1.165, 1.54) is 19.2 Å². The van der Waals surface area contributed by atoms with Crippen molar-refractivity contribution in [1.29, 1.82) is 0 Å². The first-order valence-corrected chi connectivity index (χ1v) is 6.62. The molecule has 1 saturated heterocycles. The van der Waals surface area contributed by atoms with Crippen molar-refractivity contribution < 1.29 is 23.0 Å². The minimum atomic E-state index is -2.95. The molecule has 1 aromatic rings. The van der Waals surface area contributed by atoms with E-state index < -0.39 is 6.61 Å². The predicted molar refractivity (Wildman–Crippen MR) is 73.9 cm³/mol. The molecule has 0 radical (unpaired) electrons. The molecule has 7 heteroatoms. The van der Waals surface area contributed by atoms with Gasteiger partial charge in [0.15, 0.2) is 11.5 Å². The van der Waals surface area contributed by atoms with Gasteiger partial charge in [0.2, 0.25) is 5.91 Å². The number of carbonyl (C=O) groups is 1. The Bertz CT molecular complexity index is 511. The fraction of sp³-hybridized carbons (Fsp3) is 0.500. The highest BCUT2D eigenvalue weighted by atomic mass is 19.3. The van der Waals surface area contributed by atoms with Crippen molar-refractivity contribution >= 4 is 11.6 Å². The first-order chi connectivity index (χ1) is 9.99. The molecule has 21 heavy (non-hydrogen) atoms. The van der Waals surface area contributed by atoms with Gasteiger partial charge in [-0.25, -0.2) is 0 Å². The molecule has 0 bridgehead atoms. The van der Waals surface area contributed by atoms with Crippen LogP contribution in [0.25, 0.3) is 0 Å². The molecule has 0 saturated carbocycles. The molecule has 0 aromatic heterocycles. The molecule has 0 unspecified atom stereocenters. The molecule has 1 aliphatic rings. The lowest BCUT2D eigenvalue weighted by Crippen LogP contribution is -2.25. The van der Waals surface area contributed by atoms with Crippen molar-refractivity contribution in [3.8, 4) is 11.5 Å². The zero-order valence-electron chi connectivity index (χ0n) is 11.9. The number of alkyl halides is 2. The Hall–Kier alpha value is -1.89. The Morgan fingerprint density at radius 2 is 2.19 bits per heavy atom. The zero-order chi connectivity index (χ0) is 15.4. The second-order valence-corrected chi connectivity index (χ2v) is 4.98. The van der Waals surface area contributed by atoms with Crippen LogP contribution < -0.4 is 14.8 Å². The van der Waals surface area contributed by atoms with Crippen LogP contribution in [0.15, 0.2) is 18.2 Å². The minimum absolute atomic E-state index is 0.0865. The number of ether oxygens (including phenoxy) is 2. The number of rotatable bonds is 5. The number of methoxy groups -OCH3 is 1. The molecular weight excluding hydrogens is 282 g/mol. The summed E-state index contributed by atoms with van der Waals surface area (Å²) in [6.07, 6.45) is 0.791. The van der Waals surface area contributed by atoms with Crippen LogP contribution in [0.2, 0.25) is 0 Å². The smallest absolute Gasteiger partial charge is 0.387 e. The number of carbonyl (C=O) groups excluding carboxylic acids is 1.